The summed E-state index contributed by atoms with van der Waals surface area (Å²) in [5.41, 5.74) is 6.62. The van der Waals surface area contributed by atoms with Crippen molar-refractivity contribution in [1.29, 1.82) is 0 Å². The zero-order valence-electron chi connectivity index (χ0n) is 22.4. The number of nitrogens with one attached hydrogen (secondary N) is 4. The number of hydrogen-bond donors (Lipinski definition) is 2. The first-order chi connectivity index (χ1) is 19.4. The Kier molecular flexibility index (Phi) is 7.67. The monoisotopic (exact) mass is 536 g/mol. The maximum atomic E-state index is 4.09. The van der Waals surface area contributed by atoms with Crippen LogP contribution < -0.4 is 19.1 Å². The quantitative estimate of drug-likeness (QED) is 0.203. The van der Waals surface area contributed by atoms with Gasteiger partial charge in [-0.15, -0.1) is 0 Å². The number of nitrogens with zero attached hydrogens (tertiary/aromatic N) is 10. The molecule has 4 aromatic rings. The van der Waals surface area contributed by atoms with Gasteiger partial charge in [-0.25, -0.2) is 19.1 Å². The lowest BCUT2D eigenvalue weighted by Crippen LogP contribution is -2.27. The Morgan fingerprint density at radius 2 is 1.55 bits per heavy atom. The summed E-state index contributed by atoms with van der Waals surface area (Å²) in [6.07, 6.45) is 23.8. The molecule has 200 valence electrons. The van der Waals surface area contributed by atoms with E-state index in [1.54, 1.807) is 25.3 Å². The van der Waals surface area contributed by atoms with Crippen molar-refractivity contribution in [2.24, 2.45) is 28.2 Å². The third-order valence-electron chi connectivity index (χ3n) is 5.58. The summed E-state index contributed by atoms with van der Waals surface area (Å²) in [6.45, 7) is 0. The van der Waals surface area contributed by atoms with E-state index in [2.05, 4.69) is 62.5 Å². The second-order valence-electron chi connectivity index (χ2n) is 8.87. The van der Waals surface area contributed by atoms with E-state index in [9.17, 15) is 0 Å². The van der Waals surface area contributed by atoms with Crippen LogP contribution in [0.4, 0.5) is 0 Å². The molecule has 4 aromatic heterocycles. The molecule has 0 fully saturated rings. The van der Waals surface area contributed by atoms with Gasteiger partial charge in [-0.05, 0) is 23.6 Å². The summed E-state index contributed by atoms with van der Waals surface area (Å²) in [5.74, 6) is 0.776. The first-order valence-electron chi connectivity index (χ1n) is 12.2. The smallest absolute Gasteiger partial charge is 0.294 e. The molecule has 0 aromatic carbocycles. The Balaban J connectivity index is 0.000000108. The summed E-state index contributed by atoms with van der Waals surface area (Å²) in [5, 5.41) is 0. The zero-order chi connectivity index (χ0) is 27.9. The number of aryl methyl sites for hydroxylation is 4. The molecule has 8 heterocycles. The molecule has 4 aliphatic heterocycles. The molecule has 0 atom stereocenters. The van der Waals surface area contributed by atoms with Crippen molar-refractivity contribution in [3.05, 3.63) is 87.3 Å². The minimum absolute atomic E-state index is 0.762. The number of imidazole rings is 4. The van der Waals surface area contributed by atoms with E-state index in [-0.39, 0.29) is 0 Å². The van der Waals surface area contributed by atoms with E-state index in [4.69, 9.17) is 0 Å². The van der Waals surface area contributed by atoms with Gasteiger partial charge in [-0.3, -0.25) is 0 Å². The lowest BCUT2D eigenvalue weighted by atomic mass is 10.3. The van der Waals surface area contributed by atoms with E-state index < -0.39 is 0 Å². The van der Waals surface area contributed by atoms with E-state index in [1.807, 2.05) is 95.8 Å². The summed E-state index contributed by atoms with van der Waals surface area (Å²) >= 11 is 0. The highest BCUT2D eigenvalue weighted by Gasteiger charge is 2.03. The summed E-state index contributed by atoms with van der Waals surface area (Å²) in [6, 6.07) is 3.95. The van der Waals surface area contributed by atoms with Crippen LogP contribution in [0.1, 0.15) is 0 Å². The molecule has 0 bridgehead atoms. The molecule has 4 aliphatic rings. The van der Waals surface area contributed by atoms with Gasteiger partial charge in [-0.2, -0.15) is 15.0 Å². The molecule has 0 saturated carbocycles. The van der Waals surface area contributed by atoms with Gasteiger partial charge in [0.05, 0.1) is 31.1 Å². The average Bonchev–Trinajstić information content (AvgIpc) is 3.75. The third-order valence-corrected chi connectivity index (χ3v) is 5.58. The molecule has 0 spiro atoms. The summed E-state index contributed by atoms with van der Waals surface area (Å²) in [7, 11) is 7.78. The number of hydrogen-bond acceptors (Lipinski definition) is 6. The maximum absolute atomic E-state index is 4.09. The largest absolute Gasteiger partial charge is 0.367 e. The first-order valence-corrected chi connectivity index (χ1v) is 12.2. The zero-order valence-corrected chi connectivity index (χ0v) is 22.4. The van der Waals surface area contributed by atoms with Gasteiger partial charge >= 0.3 is 0 Å². The SMILES string of the molecule is C[n+]1ccc2nc[nH]c2c1.C[n+]1cnc2nc[nH]c2c1.Cn1ccc2[nH+][c-]nc-2c1.Cn1cnc2[nH+][c-]nc-2c1. The Hall–Kier alpha value is -5.66. The number of fused-ring (bicyclic) bond motifs is 4. The highest BCUT2D eigenvalue weighted by molar-refractivity contribution is 5.71. The van der Waals surface area contributed by atoms with Crippen LogP contribution in [-0.2, 0) is 28.2 Å². The lowest BCUT2D eigenvalue weighted by molar-refractivity contribution is -0.673. The standard InChI is InChI=1S/2C7H7N3.2C6H6N4/c2*1-10-3-2-6-7(4-10)9-5-8-6;2*1-10-2-5-6(9-4-10)8-3-7-5/h2-4,8H,1H3;2-5H,1H3;2,4,8H,1H3;2-4H,1H3/p+2. The van der Waals surface area contributed by atoms with E-state index in [0.717, 1.165) is 45.1 Å². The van der Waals surface area contributed by atoms with Gasteiger partial charge in [0.2, 0.25) is 6.33 Å². The van der Waals surface area contributed by atoms with Crippen LogP contribution >= 0.6 is 0 Å². The van der Waals surface area contributed by atoms with Crippen LogP contribution in [0.5, 0.6) is 0 Å². The van der Waals surface area contributed by atoms with Crippen LogP contribution in [0, 0.1) is 12.7 Å². The predicted molar refractivity (Wildman–Crippen MR) is 141 cm³/mol. The van der Waals surface area contributed by atoms with Crippen molar-refractivity contribution < 1.29 is 19.1 Å². The molecule has 14 heteroatoms. The molecule has 8 rings (SSSR count). The molecule has 4 N–H and O–H groups in total. The van der Waals surface area contributed by atoms with Gasteiger partial charge in [0.25, 0.3) is 12.0 Å². The van der Waals surface area contributed by atoms with Crippen molar-refractivity contribution in [3.8, 4) is 22.9 Å². The fourth-order valence-corrected chi connectivity index (χ4v) is 3.61. The minimum Gasteiger partial charge on any atom is -0.367 e. The number of H-pyrrole nitrogens is 4. The van der Waals surface area contributed by atoms with E-state index in [1.165, 1.54) is 0 Å². The molecular weight excluding hydrogens is 508 g/mol. The summed E-state index contributed by atoms with van der Waals surface area (Å²) in [4.78, 5) is 35.8. The van der Waals surface area contributed by atoms with Gasteiger partial charge in [-0.1, -0.05) is 6.07 Å². The van der Waals surface area contributed by atoms with Gasteiger partial charge in [0.15, 0.2) is 36.4 Å². The van der Waals surface area contributed by atoms with Crippen molar-refractivity contribution in [2.45, 2.75) is 0 Å². The maximum Gasteiger partial charge on any atom is 0.294 e. The van der Waals surface area contributed by atoms with Crippen molar-refractivity contribution in [3.63, 3.8) is 0 Å². The second-order valence-corrected chi connectivity index (χ2v) is 8.87. The topological polar surface area (TPSA) is 155 Å². The van der Waals surface area contributed by atoms with Crippen LogP contribution in [0.25, 0.3) is 45.1 Å². The molecule has 0 aliphatic carbocycles. The van der Waals surface area contributed by atoms with Gasteiger partial charge in [0, 0.05) is 25.9 Å². The number of pyridine rings is 2. The van der Waals surface area contributed by atoms with Crippen LogP contribution in [0.3, 0.4) is 0 Å². The predicted octanol–water partition coefficient (Wildman–Crippen LogP) is -0.157. The van der Waals surface area contributed by atoms with Gasteiger partial charge < -0.3 is 29.1 Å². The Bertz CT molecular complexity index is 1730. The van der Waals surface area contributed by atoms with Crippen LogP contribution in [0.15, 0.2) is 74.6 Å². The van der Waals surface area contributed by atoms with Crippen LogP contribution in [0.2, 0.25) is 0 Å². The van der Waals surface area contributed by atoms with Crippen molar-refractivity contribution in [2.75, 3.05) is 0 Å². The molecule has 0 saturated heterocycles. The second kappa shape index (κ2) is 11.8. The normalized spacial score (nSPS) is 10.5. The van der Waals surface area contributed by atoms with Crippen molar-refractivity contribution in [1.82, 2.24) is 49.0 Å². The molecule has 14 nitrogen and oxygen atoms in total. The Labute approximate surface area is 228 Å². The fraction of sp³-hybridized carbons (Fsp3) is 0.154. The van der Waals surface area contributed by atoms with Crippen molar-refractivity contribution >= 4 is 22.2 Å². The third kappa shape index (κ3) is 6.42. The lowest BCUT2D eigenvalue weighted by Gasteiger charge is -2.01. The molecule has 0 radical (unpaired) electrons. The number of aromatic nitrogens is 14. The number of aromatic amines is 4. The Morgan fingerprint density at radius 3 is 2.45 bits per heavy atom. The summed E-state index contributed by atoms with van der Waals surface area (Å²) < 4.78 is 7.66. The fourth-order valence-electron chi connectivity index (χ4n) is 3.61. The van der Waals surface area contributed by atoms with Gasteiger partial charge in [0.1, 0.15) is 24.3 Å². The Morgan fingerprint density at radius 1 is 0.800 bits per heavy atom. The molecule has 0 unspecified atom stereocenters. The highest BCUT2D eigenvalue weighted by atomic mass is 15.1. The van der Waals surface area contributed by atoms with E-state index >= 15 is 0 Å². The minimum atomic E-state index is 0.762. The molecule has 0 amide bonds. The average molecular weight is 537 g/mol. The van der Waals surface area contributed by atoms with Crippen LogP contribution in [-0.4, -0.2) is 49.0 Å². The highest BCUT2D eigenvalue weighted by Crippen LogP contribution is 2.10. The first kappa shape index (κ1) is 26.0. The molecule has 40 heavy (non-hydrogen) atoms. The molecular formula is C26H28N14+2. The number of rotatable bonds is 0. The van der Waals surface area contributed by atoms with E-state index in [0.29, 0.717) is 0 Å².